The number of amides is 1. The Hall–Kier alpha value is -3.73. The highest BCUT2D eigenvalue weighted by atomic mass is 32.2. The van der Waals surface area contributed by atoms with Gasteiger partial charge < -0.3 is 4.74 Å². The van der Waals surface area contributed by atoms with Gasteiger partial charge in [0.25, 0.3) is 15.9 Å². The number of carbonyl (C=O) groups excluding carboxylic acids is 1. The van der Waals surface area contributed by atoms with E-state index in [4.69, 9.17) is 4.74 Å². The molecule has 0 saturated heterocycles. The molecule has 3 aromatic rings. The van der Waals surface area contributed by atoms with Crippen LogP contribution in [-0.2, 0) is 10.0 Å². The summed E-state index contributed by atoms with van der Waals surface area (Å²) >= 11 is 0. The number of hydrogen-bond acceptors (Lipinski definition) is 5. The molecule has 0 aliphatic rings. The zero-order chi connectivity index (χ0) is 23.5. The topological polar surface area (TPSA) is 96.5 Å². The van der Waals surface area contributed by atoms with Crippen LogP contribution in [0.2, 0.25) is 0 Å². The molecule has 3 aromatic carbocycles. The lowest BCUT2D eigenvalue weighted by Gasteiger charge is -2.13. The Morgan fingerprint density at radius 1 is 0.938 bits per heavy atom. The molecule has 32 heavy (non-hydrogen) atoms. The molecular weight excluding hydrogens is 447 g/mol. The first kappa shape index (κ1) is 22.9. The van der Waals surface area contributed by atoms with Crippen LogP contribution in [0.5, 0.6) is 5.75 Å². The van der Waals surface area contributed by atoms with Crippen LogP contribution < -0.4 is 20.3 Å². The van der Waals surface area contributed by atoms with Crippen molar-refractivity contribution in [2.24, 2.45) is 0 Å². The SMILES string of the molecule is COc1ccc(NS(=O)(=O)c2ccc(C)c(C(=O)NNc3ccc(F)c(F)c3F)c2)cc1. The van der Waals surface area contributed by atoms with E-state index in [-0.39, 0.29) is 16.1 Å². The summed E-state index contributed by atoms with van der Waals surface area (Å²) < 4.78 is 73.0. The number of anilines is 2. The molecule has 0 bridgehead atoms. The largest absolute Gasteiger partial charge is 0.497 e. The van der Waals surface area contributed by atoms with Gasteiger partial charge in [0.05, 0.1) is 17.7 Å². The van der Waals surface area contributed by atoms with Crippen LogP contribution in [0, 0.1) is 24.4 Å². The minimum Gasteiger partial charge on any atom is -0.497 e. The van der Waals surface area contributed by atoms with Gasteiger partial charge in [-0.3, -0.25) is 20.4 Å². The maximum atomic E-state index is 13.7. The second-order valence-corrected chi connectivity index (χ2v) is 8.30. The van der Waals surface area contributed by atoms with Gasteiger partial charge in [0.1, 0.15) is 5.75 Å². The summed E-state index contributed by atoms with van der Waals surface area (Å²) in [5, 5.41) is 0. The Morgan fingerprint density at radius 2 is 1.62 bits per heavy atom. The Bertz CT molecular complexity index is 1270. The van der Waals surface area contributed by atoms with Gasteiger partial charge in [-0.25, -0.2) is 21.6 Å². The second kappa shape index (κ2) is 9.18. The molecule has 0 saturated carbocycles. The number of carbonyl (C=O) groups is 1. The normalized spacial score (nSPS) is 11.0. The smallest absolute Gasteiger partial charge is 0.269 e. The van der Waals surface area contributed by atoms with E-state index >= 15 is 0 Å². The maximum Gasteiger partial charge on any atom is 0.269 e. The summed E-state index contributed by atoms with van der Waals surface area (Å²) in [4.78, 5) is 12.3. The van der Waals surface area contributed by atoms with Crippen LogP contribution >= 0.6 is 0 Å². The highest BCUT2D eigenvalue weighted by molar-refractivity contribution is 7.92. The minimum absolute atomic E-state index is 0.0295. The third kappa shape index (κ3) is 4.94. The van der Waals surface area contributed by atoms with E-state index < -0.39 is 39.1 Å². The standard InChI is InChI=1S/C21H18F3N3O4S/c1-12-3-8-15(32(29,30)27-13-4-6-14(31-2)7-5-13)11-16(12)21(28)26-25-18-10-9-17(22)19(23)20(18)24/h3-11,25,27H,1-2H3,(H,26,28). The monoisotopic (exact) mass is 465 g/mol. The maximum absolute atomic E-state index is 13.7. The van der Waals surface area contributed by atoms with Crippen molar-refractivity contribution in [3.8, 4) is 5.75 Å². The van der Waals surface area contributed by atoms with Crippen molar-refractivity contribution in [3.63, 3.8) is 0 Å². The molecule has 3 rings (SSSR count). The summed E-state index contributed by atoms with van der Waals surface area (Å²) in [7, 11) is -2.55. The quantitative estimate of drug-likeness (QED) is 0.362. The molecule has 0 atom stereocenters. The Kier molecular flexibility index (Phi) is 6.58. The highest BCUT2D eigenvalue weighted by Gasteiger charge is 2.19. The minimum atomic E-state index is -4.03. The van der Waals surface area contributed by atoms with Crippen LogP contribution in [0.15, 0.2) is 59.5 Å². The molecule has 0 aliphatic heterocycles. The summed E-state index contributed by atoms with van der Waals surface area (Å²) in [5.74, 6) is -4.85. The third-order valence-electron chi connectivity index (χ3n) is 4.45. The van der Waals surface area contributed by atoms with E-state index in [9.17, 15) is 26.4 Å². The highest BCUT2D eigenvalue weighted by Crippen LogP contribution is 2.22. The fraction of sp³-hybridized carbons (Fsp3) is 0.0952. The van der Waals surface area contributed by atoms with E-state index in [1.807, 2.05) is 0 Å². The summed E-state index contributed by atoms with van der Waals surface area (Å²) in [5.41, 5.74) is 4.48. The van der Waals surface area contributed by atoms with Gasteiger partial charge >= 0.3 is 0 Å². The van der Waals surface area contributed by atoms with Gasteiger partial charge in [0.15, 0.2) is 17.5 Å². The molecule has 0 spiro atoms. The Balaban J connectivity index is 1.79. The molecule has 0 radical (unpaired) electrons. The van der Waals surface area contributed by atoms with Crippen molar-refractivity contribution in [3.05, 3.63) is 83.2 Å². The summed E-state index contributed by atoms with van der Waals surface area (Å²) in [6.45, 7) is 1.57. The van der Waals surface area contributed by atoms with Gasteiger partial charge in [-0.05, 0) is 61.0 Å². The van der Waals surface area contributed by atoms with Gasteiger partial charge in [-0.1, -0.05) is 6.07 Å². The average Bonchev–Trinajstić information content (AvgIpc) is 2.77. The van der Waals surface area contributed by atoms with Crippen LogP contribution in [0.3, 0.4) is 0 Å². The average molecular weight is 465 g/mol. The number of ether oxygens (including phenoxy) is 1. The Morgan fingerprint density at radius 3 is 2.28 bits per heavy atom. The van der Waals surface area contributed by atoms with Gasteiger partial charge in [-0.15, -0.1) is 0 Å². The van der Waals surface area contributed by atoms with Crippen LogP contribution in [0.25, 0.3) is 0 Å². The number of rotatable bonds is 7. The molecule has 11 heteroatoms. The van der Waals surface area contributed by atoms with E-state index in [1.165, 1.54) is 31.4 Å². The van der Waals surface area contributed by atoms with Crippen molar-refractivity contribution in [1.82, 2.24) is 5.43 Å². The molecule has 3 N–H and O–H groups in total. The second-order valence-electron chi connectivity index (χ2n) is 6.61. The molecule has 0 aliphatic carbocycles. The van der Waals surface area contributed by atoms with Crippen LogP contribution in [0.4, 0.5) is 24.5 Å². The number of nitrogens with one attached hydrogen (secondary N) is 3. The van der Waals surface area contributed by atoms with Crippen molar-refractivity contribution in [2.75, 3.05) is 17.3 Å². The van der Waals surface area contributed by atoms with E-state index in [1.54, 1.807) is 19.1 Å². The summed E-state index contributed by atoms with van der Waals surface area (Å²) in [6, 6.07) is 11.7. The van der Waals surface area contributed by atoms with E-state index in [2.05, 4.69) is 15.6 Å². The fourth-order valence-electron chi connectivity index (χ4n) is 2.70. The number of aryl methyl sites for hydroxylation is 1. The molecule has 0 unspecified atom stereocenters. The van der Waals surface area contributed by atoms with Crippen molar-refractivity contribution in [2.45, 2.75) is 11.8 Å². The number of halogens is 3. The molecule has 1 amide bonds. The predicted molar refractivity (Wildman–Crippen MR) is 112 cm³/mol. The lowest BCUT2D eigenvalue weighted by atomic mass is 10.1. The van der Waals surface area contributed by atoms with E-state index in [0.29, 0.717) is 17.4 Å². The van der Waals surface area contributed by atoms with E-state index in [0.717, 1.165) is 12.1 Å². The molecule has 0 aromatic heterocycles. The number of hydrazine groups is 1. The zero-order valence-corrected chi connectivity index (χ0v) is 17.7. The Labute approximate surface area is 182 Å². The molecule has 0 fully saturated rings. The number of methoxy groups -OCH3 is 1. The van der Waals surface area contributed by atoms with Gasteiger partial charge in [0.2, 0.25) is 0 Å². The first-order valence-electron chi connectivity index (χ1n) is 9.10. The van der Waals surface area contributed by atoms with Crippen molar-refractivity contribution in [1.29, 1.82) is 0 Å². The number of hydrogen-bond donors (Lipinski definition) is 3. The fourth-order valence-corrected chi connectivity index (χ4v) is 3.78. The van der Waals surface area contributed by atoms with Crippen LogP contribution in [0.1, 0.15) is 15.9 Å². The molecule has 168 valence electrons. The van der Waals surface area contributed by atoms with Gasteiger partial charge in [0, 0.05) is 11.3 Å². The van der Waals surface area contributed by atoms with Crippen LogP contribution in [-0.4, -0.2) is 21.4 Å². The lowest BCUT2D eigenvalue weighted by molar-refractivity contribution is 0.0961. The molecule has 0 heterocycles. The zero-order valence-electron chi connectivity index (χ0n) is 16.9. The number of benzene rings is 3. The van der Waals surface area contributed by atoms with Crippen molar-refractivity contribution >= 4 is 27.3 Å². The lowest BCUT2D eigenvalue weighted by Crippen LogP contribution is -2.30. The first-order valence-corrected chi connectivity index (χ1v) is 10.6. The molecule has 7 nitrogen and oxygen atoms in total. The summed E-state index contributed by atoms with van der Waals surface area (Å²) in [6.07, 6.45) is 0. The third-order valence-corrected chi connectivity index (χ3v) is 5.83. The number of sulfonamides is 1. The van der Waals surface area contributed by atoms with Crippen molar-refractivity contribution < 1.29 is 31.1 Å². The predicted octanol–water partition coefficient (Wildman–Crippen LogP) is 3.98. The molecular formula is C21H18F3N3O4S. The first-order chi connectivity index (χ1) is 15.1. The van der Waals surface area contributed by atoms with Gasteiger partial charge in [-0.2, -0.15) is 0 Å².